The van der Waals surface area contributed by atoms with E-state index in [9.17, 15) is 10.2 Å². The molecule has 1 heterocycles. The van der Waals surface area contributed by atoms with E-state index in [1.165, 1.54) is 21.5 Å². The van der Waals surface area contributed by atoms with Crippen LogP contribution < -0.4 is 0 Å². The van der Waals surface area contributed by atoms with Crippen LogP contribution in [0.4, 0.5) is 0 Å². The lowest BCUT2D eigenvalue weighted by Crippen LogP contribution is -2.29. The molecule has 1 fully saturated rings. The van der Waals surface area contributed by atoms with E-state index in [0.717, 1.165) is 21.9 Å². The van der Waals surface area contributed by atoms with Crippen LogP contribution in [0.2, 0.25) is 0 Å². The second kappa shape index (κ2) is 3.82. The molecule has 0 bridgehead atoms. The van der Waals surface area contributed by atoms with Gasteiger partial charge in [0.25, 0.3) is 0 Å². The summed E-state index contributed by atoms with van der Waals surface area (Å²) in [7, 11) is 0. The molecule has 3 heteroatoms. The van der Waals surface area contributed by atoms with Crippen molar-refractivity contribution >= 4 is 32.3 Å². The normalized spacial score (nSPS) is 29.1. The first kappa shape index (κ1) is 12.3. The maximum Gasteiger partial charge on any atom is 0.118 e. The molecule has 0 radical (unpaired) electrons. The first-order chi connectivity index (χ1) is 11.2. The van der Waals surface area contributed by atoms with E-state index in [-0.39, 0.29) is 12.2 Å². The van der Waals surface area contributed by atoms with Crippen molar-refractivity contribution in [2.45, 2.75) is 24.4 Å². The summed E-state index contributed by atoms with van der Waals surface area (Å²) < 4.78 is 5.67. The van der Waals surface area contributed by atoms with Crippen molar-refractivity contribution in [3.8, 4) is 0 Å². The Morgan fingerprint density at radius 3 is 2.39 bits per heavy atom. The van der Waals surface area contributed by atoms with Crippen LogP contribution in [-0.4, -0.2) is 22.4 Å². The van der Waals surface area contributed by atoms with Gasteiger partial charge in [0.15, 0.2) is 0 Å². The van der Waals surface area contributed by atoms with Gasteiger partial charge in [0.2, 0.25) is 0 Å². The molecule has 6 rings (SSSR count). The van der Waals surface area contributed by atoms with Crippen LogP contribution >= 0.6 is 0 Å². The summed E-state index contributed by atoms with van der Waals surface area (Å²) >= 11 is 0. The van der Waals surface area contributed by atoms with Crippen molar-refractivity contribution in [2.24, 2.45) is 0 Å². The number of aliphatic hydroxyl groups is 2. The molecule has 2 N–H and O–H groups in total. The van der Waals surface area contributed by atoms with Crippen molar-refractivity contribution < 1.29 is 14.9 Å². The molecule has 112 valence electrons. The minimum Gasteiger partial charge on any atom is -0.387 e. The molecular weight excluding hydrogens is 288 g/mol. The van der Waals surface area contributed by atoms with E-state index >= 15 is 0 Å². The first-order valence-corrected chi connectivity index (χ1v) is 7.96. The molecule has 3 nitrogen and oxygen atoms in total. The molecule has 1 unspecified atom stereocenters. The van der Waals surface area contributed by atoms with Crippen LogP contribution in [0.15, 0.2) is 48.5 Å². The molecule has 1 aliphatic carbocycles. The highest BCUT2D eigenvalue weighted by molar-refractivity contribution is 6.23. The first-order valence-electron chi connectivity index (χ1n) is 7.96. The van der Waals surface area contributed by atoms with Gasteiger partial charge in [-0.15, -0.1) is 0 Å². The van der Waals surface area contributed by atoms with Crippen molar-refractivity contribution in [1.82, 2.24) is 0 Å². The largest absolute Gasteiger partial charge is 0.387 e. The highest BCUT2D eigenvalue weighted by Crippen LogP contribution is 2.54. The summed E-state index contributed by atoms with van der Waals surface area (Å²) in [6, 6.07) is 16.9. The molecule has 0 saturated carbocycles. The zero-order chi connectivity index (χ0) is 15.3. The van der Waals surface area contributed by atoms with Gasteiger partial charge in [-0.25, -0.2) is 0 Å². The van der Waals surface area contributed by atoms with E-state index in [1.807, 2.05) is 6.07 Å². The van der Waals surface area contributed by atoms with E-state index in [1.54, 1.807) is 0 Å². The van der Waals surface area contributed by atoms with Gasteiger partial charge in [0.05, 0.1) is 0 Å². The Bertz CT molecular complexity index is 1080. The third kappa shape index (κ3) is 1.36. The summed E-state index contributed by atoms with van der Waals surface area (Å²) in [6.45, 7) is 0. The van der Waals surface area contributed by atoms with Crippen LogP contribution in [0.3, 0.4) is 0 Å². The fourth-order valence-corrected chi connectivity index (χ4v) is 4.40. The van der Waals surface area contributed by atoms with E-state index in [4.69, 9.17) is 4.74 Å². The Morgan fingerprint density at radius 1 is 0.826 bits per heavy atom. The Kier molecular flexibility index (Phi) is 2.03. The van der Waals surface area contributed by atoms with Gasteiger partial charge in [-0.2, -0.15) is 0 Å². The molecule has 0 spiro atoms. The van der Waals surface area contributed by atoms with Gasteiger partial charge in [0.1, 0.15) is 24.4 Å². The predicted octanol–water partition coefficient (Wildman–Crippen LogP) is 3.43. The third-order valence-electron chi connectivity index (χ3n) is 5.51. The SMILES string of the molecule is O[C@@H]1c2cc3ccc4cccc5ccc(c2[C@@H]2OC2[C@@H]1O)c3c45. The zero-order valence-corrected chi connectivity index (χ0v) is 12.2. The van der Waals surface area contributed by atoms with Crippen LogP contribution in [0.1, 0.15) is 23.3 Å². The Labute approximate surface area is 132 Å². The fourth-order valence-electron chi connectivity index (χ4n) is 4.40. The molecule has 4 atom stereocenters. The van der Waals surface area contributed by atoms with Crippen LogP contribution in [0.25, 0.3) is 32.3 Å². The predicted molar refractivity (Wildman–Crippen MR) is 88.7 cm³/mol. The highest BCUT2D eigenvalue weighted by Gasteiger charge is 2.54. The topological polar surface area (TPSA) is 53.0 Å². The fraction of sp³-hybridized carbons (Fsp3) is 0.200. The van der Waals surface area contributed by atoms with Crippen molar-refractivity contribution in [2.75, 3.05) is 0 Å². The average molecular weight is 302 g/mol. The number of hydrogen-bond acceptors (Lipinski definition) is 3. The minimum absolute atomic E-state index is 0.0898. The highest BCUT2D eigenvalue weighted by atomic mass is 16.6. The second-order valence-electron chi connectivity index (χ2n) is 6.69. The van der Waals surface area contributed by atoms with Crippen molar-refractivity contribution in [3.05, 3.63) is 59.7 Å². The summed E-state index contributed by atoms with van der Waals surface area (Å²) in [5.41, 5.74) is 1.86. The maximum atomic E-state index is 10.5. The Morgan fingerprint density at radius 2 is 1.57 bits per heavy atom. The number of aliphatic hydroxyl groups excluding tert-OH is 2. The number of benzene rings is 4. The molecular formula is C20H14O3. The monoisotopic (exact) mass is 302 g/mol. The lowest BCUT2D eigenvalue weighted by Gasteiger charge is -2.25. The lowest BCUT2D eigenvalue weighted by molar-refractivity contribution is 0.000163. The van der Waals surface area contributed by atoms with Crippen LogP contribution in [0, 0.1) is 0 Å². The van der Waals surface area contributed by atoms with Crippen molar-refractivity contribution in [1.29, 1.82) is 0 Å². The maximum absolute atomic E-state index is 10.5. The van der Waals surface area contributed by atoms with Crippen molar-refractivity contribution in [3.63, 3.8) is 0 Å². The Hall–Kier alpha value is -2.20. The number of fused-ring (bicyclic) bond motifs is 4. The number of ether oxygens (including phenoxy) is 1. The van der Waals surface area contributed by atoms with Gasteiger partial charge >= 0.3 is 0 Å². The molecule has 23 heavy (non-hydrogen) atoms. The number of hydrogen-bond donors (Lipinski definition) is 2. The smallest absolute Gasteiger partial charge is 0.118 e. The van der Waals surface area contributed by atoms with Gasteiger partial charge in [-0.3, -0.25) is 0 Å². The van der Waals surface area contributed by atoms with Gasteiger partial charge in [0, 0.05) is 0 Å². The standard InChI is InChI=1S/C20H14O3/c21-17-13-8-11-5-4-9-2-1-3-10-6-7-12(15(11)14(9)10)16(13)19-20(23-19)18(17)22/h1-8,17-22H/t17-,18-,19+,20?/m1/s1. The van der Waals surface area contributed by atoms with Gasteiger partial charge < -0.3 is 14.9 Å². The lowest BCUT2D eigenvalue weighted by atomic mass is 9.81. The molecule has 0 amide bonds. The van der Waals surface area contributed by atoms with E-state index in [2.05, 4.69) is 42.5 Å². The summed E-state index contributed by atoms with van der Waals surface area (Å²) in [5.74, 6) is 0. The number of epoxide rings is 1. The summed E-state index contributed by atoms with van der Waals surface area (Å²) in [6.07, 6.45) is -2.07. The summed E-state index contributed by atoms with van der Waals surface area (Å²) in [4.78, 5) is 0. The molecule has 1 saturated heterocycles. The van der Waals surface area contributed by atoms with Crippen LogP contribution in [-0.2, 0) is 4.74 Å². The molecule has 4 aromatic carbocycles. The quantitative estimate of drug-likeness (QED) is 0.386. The molecule has 1 aliphatic heterocycles. The summed E-state index contributed by atoms with van der Waals surface area (Å²) in [5, 5.41) is 27.8. The van der Waals surface area contributed by atoms with E-state index < -0.39 is 12.2 Å². The molecule has 2 aliphatic rings. The van der Waals surface area contributed by atoms with Gasteiger partial charge in [-0.1, -0.05) is 42.5 Å². The molecule has 4 aromatic rings. The average Bonchev–Trinajstić information content (AvgIpc) is 3.37. The van der Waals surface area contributed by atoms with E-state index in [0.29, 0.717) is 0 Å². The third-order valence-corrected chi connectivity index (χ3v) is 5.51. The zero-order valence-electron chi connectivity index (χ0n) is 12.2. The molecule has 0 aromatic heterocycles. The Balaban J connectivity index is 1.86. The van der Waals surface area contributed by atoms with Gasteiger partial charge in [-0.05, 0) is 49.5 Å². The second-order valence-corrected chi connectivity index (χ2v) is 6.69. The minimum atomic E-state index is -0.879. The number of rotatable bonds is 0. The van der Waals surface area contributed by atoms with Crippen LogP contribution in [0.5, 0.6) is 0 Å².